The minimum atomic E-state index is -0.0680. The maximum absolute atomic E-state index is 12.4. The highest BCUT2D eigenvalue weighted by Crippen LogP contribution is 2.22. The second-order valence-electron chi connectivity index (χ2n) is 9.68. The van der Waals surface area contributed by atoms with Crippen molar-refractivity contribution in [1.82, 2.24) is 14.9 Å². The average Bonchev–Trinajstić information content (AvgIpc) is 3.34. The van der Waals surface area contributed by atoms with Gasteiger partial charge in [0.05, 0.1) is 24.8 Å². The summed E-state index contributed by atoms with van der Waals surface area (Å²) in [6.07, 6.45) is 4.77. The molecule has 0 aliphatic carbocycles. The van der Waals surface area contributed by atoms with Crippen molar-refractivity contribution in [3.8, 4) is 11.5 Å². The number of unbranched alkanes of at least 4 members (excludes halogenated alkanes) is 2. The zero-order chi connectivity index (χ0) is 26.9. The molecular formula is C33H35N3O3. The van der Waals surface area contributed by atoms with E-state index in [-0.39, 0.29) is 5.91 Å². The van der Waals surface area contributed by atoms with Gasteiger partial charge in [-0.1, -0.05) is 55.0 Å². The number of aryl methyl sites for hydroxylation is 2. The molecular weight excluding hydrogens is 486 g/mol. The summed E-state index contributed by atoms with van der Waals surface area (Å²) < 4.78 is 13.6. The summed E-state index contributed by atoms with van der Waals surface area (Å²) in [5.41, 5.74) is 2.82. The fraction of sp³-hybridized carbons (Fsp3) is 0.273. The molecule has 200 valence electrons. The SMILES string of the molecule is COc1cccc(C(=O)NCCCCCc2nc3ccccc3n2CCCOc2ccc3ccccc3c2)c1. The molecule has 0 atom stereocenters. The quantitative estimate of drug-likeness (QED) is 0.173. The molecule has 1 heterocycles. The zero-order valence-corrected chi connectivity index (χ0v) is 22.4. The van der Waals surface area contributed by atoms with Crippen LogP contribution in [0.5, 0.6) is 11.5 Å². The molecule has 5 rings (SSSR count). The number of hydrogen-bond acceptors (Lipinski definition) is 4. The topological polar surface area (TPSA) is 65.4 Å². The lowest BCUT2D eigenvalue weighted by Crippen LogP contribution is -2.24. The highest BCUT2D eigenvalue weighted by Gasteiger charge is 2.11. The zero-order valence-electron chi connectivity index (χ0n) is 22.4. The normalized spacial score (nSPS) is 11.1. The number of hydrogen-bond donors (Lipinski definition) is 1. The van der Waals surface area contributed by atoms with Crippen molar-refractivity contribution in [3.63, 3.8) is 0 Å². The van der Waals surface area contributed by atoms with Gasteiger partial charge in [-0.05, 0) is 72.5 Å². The Labute approximate surface area is 229 Å². The van der Waals surface area contributed by atoms with E-state index in [1.54, 1.807) is 19.2 Å². The van der Waals surface area contributed by atoms with Crippen molar-refractivity contribution in [1.29, 1.82) is 0 Å². The lowest BCUT2D eigenvalue weighted by atomic mass is 10.1. The first-order chi connectivity index (χ1) is 19.2. The number of carbonyl (C=O) groups is 1. The van der Waals surface area contributed by atoms with Crippen LogP contribution in [0.3, 0.4) is 0 Å². The van der Waals surface area contributed by atoms with Gasteiger partial charge in [-0.25, -0.2) is 4.98 Å². The number of imidazole rings is 1. The molecule has 39 heavy (non-hydrogen) atoms. The summed E-state index contributed by atoms with van der Waals surface area (Å²) >= 11 is 0. The highest BCUT2D eigenvalue weighted by molar-refractivity contribution is 5.94. The van der Waals surface area contributed by atoms with Crippen LogP contribution in [0.25, 0.3) is 21.8 Å². The number of aromatic nitrogens is 2. The molecule has 0 fully saturated rings. The molecule has 6 nitrogen and oxygen atoms in total. The van der Waals surface area contributed by atoms with Gasteiger partial charge < -0.3 is 19.4 Å². The molecule has 4 aromatic carbocycles. The van der Waals surface area contributed by atoms with Crippen LogP contribution in [0, 0.1) is 0 Å². The number of amides is 1. The van der Waals surface area contributed by atoms with E-state index in [0.717, 1.165) is 55.7 Å². The van der Waals surface area contributed by atoms with Crippen molar-refractivity contribution >= 4 is 27.7 Å². The molecule has 0 spiro atoms. The number of methoxy groups -OCH3 is 1. The van der Waals surface area contributed by atoms with Gasteiger partial charge in [0.2, 0.25) is 0 Å². The molecule has 0 saturated carbocycles. The van der Waals surface area contributed by atoms with Gasteiger partial charge in [0.1, 0.15) is 17.3 Å². The largest absolute Gasteiger partial charge is 0.497 e. The molecule has 1 aromatic heterocycles. The van der Waals surface area contributed by atoms with E-state index in [4.69, 9.17) is 14.5 Å². The minimum absolute atomic E-state index is 0.0680. The summed E-state index contributed by atoms with van der Waals surface area (Å²) in [5, 5.41) is 5.42. The number of carbonyl (C=O) groups excluding carboxylic acids is 1. The first-order valence-corrected chi connectivity index (χ1v) is 13.7. The van der Waals surface area contributed by atoms with Crippen LogP contribution in [0.1, 0.15) is 41.9 Å². The minimum Gasteiger partial charge on any atom is -0.497 e. The Morgan fingerprint density at radius 2 is 1.67 bits per heavy atom. The molecule has 0 unspecified atom stereocenters. The first-order valence-electron chi connectivity index (χ1n) is 13.7. The fourth-order valence-electron chi connectivity index (χ4n) is 4.89. The van der Waals surface area contributed by atoms with Crippen molar-refractivity contribution in [2.45, 2.75) is 38.6 Å². The van der Waals surface area contributed by atoms with Gasteiger partial charge in [-0.2, -0.15) is 0 Å². The van der Waals surface area contributed by atoms with E-state index >= 15 is 0 Å². The Hall–Kier alpha value is -4.32. The standard InChI is InChI=1S/C33H35N3O3/c1-38-28-14-9-13-27(24-28)33(37)34-20-8-2-3-17-32-35-30-15-6-7-16-31(30)36(32)21-10-22-39-29-19-18-25-11-4-5-12-26(25)23-29/h4-7,9,11-16,18-19,23-24H,2-3,8,10,17,20-22H2,1H3,(H,34,37). The van der Waals surface area contributed by atoms with Crippen molar-refractivity contribution in [2.24, 2.45) is 0 Å². The lowest BCUT2D eigenvalue weighted by Gasteiger charge is -2.11. The smallest absolute Gasteiger partial charge is 0.251 e. The summed E-state index contributed by atoms with van der Waals surface area (Å²) in [6.45, 7) is 2.16. The maximum Gasteiger partial charge on any atom is 0.251 e. The Morgan fingerprint density at radius 1 is 0.821 bits per heavy atom. The molecule has 5 aromatic rings. The van der Waals surface area contributed by atoms with Crippen LogP contribution < -0.4 is 14.8 Å². The summed E-state index contributed by atoms with van der Waals surface area (Å²) in [4.78, 5) is 17.3. The maximum atomic E-state index is 12.4. The van der Waals surface area contributed by atoms with Crippen LogP contribution in [-0.4, -0.2) is 35.7 Å². The van der Waals surface area contributed by atoms with E-state index in [1.807, 2.05) is 24.3 Å². The Morgan fingerprint density at radius 3 is 2.56 bits per heavy atom. The van der Waals surface area contributed by atoms with Gasteiger partial charge in [0, 0.05) is 25.1 Å². The number of rotatable bonds is 13. The number of benzene rings is 4. The molecule has 6 heteroatoms. The predicted octanol–water partition coefficient (Wildman–Crippen LogP) is 6.81. The Bertz CT molecular complexity index is 1540. The van der Waals surface area contributed by atoms with Gasteiger partial charge in [0.15, 0.2) is 0 Å². The van der Waals surface area contributed by atoms with Crippen LogP contribution >= 0.6 is 0 Å². The third-order valence-corrected chi connectivity index (χ3v) is 6.94. The van der Waals surface area contributed by atoms with Crippen LogP contribution in [-0.2, 0) is 13.0 Å². The van der Waals surface area contributed by atoms with Crippen LogP contribution in [0.2, 0.25) is 0 Å². The third-order valence-electron chi connectivity index (χ3n) is 6.94. The molecule has 0 saturated heterocycles. The molecule has 0 aliphatic heterocycles. The predicted molar refractivity (Wildman–Crippen MR) is 157 cm³/mol. The van der Waals surface area contributed by atoms with Crippen LogP contribution in [0.15, 0.2) is 91.0 Å². The van der Waals surface area contributed by atoms with Gasteiger partial charge in [0.25, 0.3) is 5.91 Å². The van der Waals surface area contributed by atoms with Crippen LogP contribution in [0.4, 0.5) is 0 Å². The summed E-state index contributed by atoms with van der Waals surface area (Å²) in [7, 11) is 1.60. The van der Waals surface area contributed by atoms with Crippen molar-refractivity contribution in [2.75, 3.05) is 20.3 Å². The van der Waals surface area contributed by atoms with Crippen molar-refractivity contribution in [3.05, 3.63) is 102 Å². The Balaban J connectivity index is 1.10. The summed E-state index contributed by atoms with van der Waals surface area (Å²) in [5.74, 6) is 2.64. The highest BCUT2D eigenvalue weighted by atomic mass is 16.5. The number of nitrogens with zero attached hydrogens (tertiary/aromatic N) is 2. The average molecular weight is 522 g/mol. The third kappa shape index (κ3) is 6.77. The Kier molecular flexibility index (Phi) is 8.74. The van der Waals surface area contributed by atoms with E-state index in [0.29, 0.717) is 24.5 Å². The molecule has 1 N–H and O–H groups in total. The second-order valence-corrected chi connectivity index (χ2v) is 9.68. The number of nitrogens with one attached hydrogen (secondary N) is 1. The molecule has 0 bridgehead atoms. The number of para-hydroxylation sites is 2. The monoisotopic (exact) mass is 521 g/mol. The van der Waals surface area contributed by atoms with E-state index in [2.05, 4.69) is 64.5 Å². The molecule has 0 radical (unpaired) electrons. The van der Waals surface area contributed by atoms with Gasteiger partial charge >= 0.3 is 0 Å². The van der Waals surface area contributed by atoms with E-state index in [1.165, 1.54) is 16.3 Å². The van der Waals surface area contributed by atoms with E-state index in [9.17, 15) is 4.79 Å². The van der Waals surface area contributed by atoms with E-state index < -0.39 is 0 Å². The second kappa shape index (κ2) is 13.0. The fourth-order valence-corrected chi connectivity index (χ4v) is 4.89. The number of ether oxygens (including phenoxy) is 2. The molecule has 1 amide bonds. The first kappa shape index (κ1) is 26.3. The van der Waals surface area contributed by atoms with Gasteiger partial charge in [-0.15, -0.1) is 0 Å². The van der Waals surface area contributed by atoms with Crippen molar-refractivity contribution < 1.29 is 14.3 Å². The molecule has 0 aliphatic rings. The number of fused-ring (bicyclic) bond motifs is 2. The summed E-state index contributed by atoms with van der Waals surface area (Å²) in [6, 6.07) is 30.1. The van der Waals surface area contributed by atoms with Gasteiger partial charge in [-0.3, -0.25) is 4.79 Å². The lowest BCUT2D eigenvalue weighted by molar-refractivity contribution is 0.0952.